The molecule has 12 aliphatic carbocycles. The summed E-state index contributed by atoms with van der Waals surface area (Å²) < 4.78 is 26.0. The summed E-state index contributed by atoms with van der Waals surface area (Å²) in [6, 6.07) is 0. The van der Waals surface area contributed by atoms with Gasteiger partial charge in [0.05, 0.1) is 22.5 Å². The Bertz CT molecular complexity index is 1340. The number of hydrogen-bond acceptors (Lipinski definition) is 10. The molecule has 1 spiro atoms. The average molecular weight is 654 g/mol. The van der Waals surface area contributed by atoms with Crippen molar-refractivity contribution in [1.29, 1.82) is 0 Å². The molecule has 0 amide bonds. The first kappa shape index (κ1) is 30.1. The lowest BCUT2D eigenvalue weighted by Crippen LogP contribution is -2.65. The molecule has 0 aromatic carbocycles. The van der Waals surface area contributed by atoms with Gasteiger partial charge in [0.2, 0.25) is 0 Å². The zero-order chi connectivity index (χ0) is 32.1. The molecule has 2 N–H and O–H groups in total. The van der Waals surface area contributed by atoms with Crippen molar-refractivity contribution < 1.29 is 48.7 Å². The van der Waals surface area contributed by atoms with Gasteiger partial charge in [0.15, 0.2) is 5.79 Å². The topological polar surface area (TPSA) is 152 Å². The summed E-state index contributed by atoms with van der Waals surface area (Å²) in [4.78, 5) is 40.1. The summed E-state index contributed by atoms with van der Waals surface area (Å²) in [5.41, 5.74) is -2.84. The van der Waals surface area contributed by atoms with Crippen molar-refractivity contribution in [3.8, 4) is 0 Å². The van der Waals surface area contributed by atoms with Crippen LogP contribution in [-0.2, 0) is 33.3 Å². The first-order chi connectivity index (χ1) is 22.4. The Morgan fingerprint density at radius 3 is 1.70 bits per heavy atom. The fourth-order valence-corrected chi connectivity index (χ4v) is 14.8. The second kappa shape index (κ2) is 9.73. The van der Waals surface area contributed by atoms with E-state index in [4.69, 9.17) is 18.9 Å². The van der Waals surface area contributed by atoms with Crippen molar-refractivity contribution in [3.05, 3.63) is 0 Å². The minimum absolute atomic E-state index is 0.0172. The largest absolute Gasteiger partial charge is 0.550 e. The van der Waals surface area contributed by atoms with Crippen molar-refractivity contribution in [1.82, 2.24) is 0 Å². The minimum atomic E-state index is -0.995. The van der Waals surface area contributed by atoms with E-state index in [-0.39, 0.29) is 54.9 Å². The molecule has 13 aliphatic rings. The molecule has 0 aromatic rings. The summed E-state index contributed by atoms with van der Waals surface area (Å²) in [5.74, 6) is -0.922. The van der Waals surface area contributed by atoms with Gasteiger partial charge in [-0.2, -0.15) is 0 Å². The number of hydrogen-bond donors (Lipinski definition) is 2. The molecule has 12 saturated carbocycles. The van der Waals surface area contributed by atoms with Crippen LogP contribution in [0, 0.1) is 63.6 Å². The van der Waals surface area contributed by atoms with Crippen LogP contribution in [0.25, 0.3) is 0 Å². The van der Waals surface area contributed by atoms with Crippen LogP contribution >= 0.6 is 0 Å². The third-order valence-electron chi connectivity index (χ3n) is 15.7. The number of carbonyl (C=O) groups is 3. The summed E-state index contributed by atoms with van der Waals surface area (Å²) in [7, 11) is 0. The molecule has 1 heterocycles. The predicted octanol–water partition coefficient (Wildman–Crippen LogP) is 2.65. The maximum Gasteiger partial charge on any atom is 0.312 e. The number of carbonyl (C=O) groups excluding carboxylic acids is 3. The number of esters is 2. The van der Waals surface area contributed by atoms with E-state index in [0.717, 1.165) is 64.2 Å². The SMILES string of the molecule is O=C([O-])C12CC3CC(C1)C1(OC(COC(=O)C45CC6CC(C4)C(O)C(C6)C5)C(COC(=O)C45CC6CC(CC(O)(C6)C4)C5)O1)C(C3)C2. The van der Waals surface area contributed by atoms with E-state index < -0.39 is 45.8 Å². The van der Waals surface area contributed by atoms with Crippen LogP contribution in [0.5, 0.6) is 0 Å². The van der Waals surface area contributed by atoms with Gasteiger partial charge < -0.3 is 39.1 Å². The highest BCUT2D eigenvalue weighted by Gasteiger charge is 2.69. The summed E-state index contributed by atoms with van der Waals surface area (Å²) in [5, 5.41) is 34.4. The quantitative estimate of drug-likeness (QED) is 0.393. The summed E-state index contributed by atoms with van der Waals surface area (Å²) >= 11 is 0. The van der Waals surface area contributed by atoms with Gasteiger partial charge in [0.1, 0.15) is 25.4 Å². The van der Waals surface area contributed by atoms with E-state index in [1.165, 1.54) is 0 Å². The molecule has 13 fully saturated rings. The molecule has 12 bridgehead atoms. The Kier molecular flexibility index (Phi) is 6.23. The van der Waals surface area contributed by atoms with Crippen molar-refractivity contribution in [3.63, 3.8) is 0 Å². The Morgan fingerprint density at radius 2 is 1.15 bits per heavy atom. The van der Waals surface area contributed by atoms with Crippen LogP contribution in [0.15, 0.2) is 0 Å². The molecule has 0 aromatic heterocycles. The first-order valence-corrected chi connectivity index (χ1v) is 18.7. The number of carboxylic acids is 1. The lowest BCUT2D eigenvalue weighted by Gasteiger charge is -2.63. The van der Waals surface area contributed by atoms with Gasteiger partial charge in [0.25, 0.3) is 0 Å². The first-order valence-electron chi connectivity index (χ1n) is 18.7. The molecule has 10 heteroatoms. The molecule has 8 atom stereocenters. The smallest absolute Gasteiger partial charge is 0.312 e. The second-order valence-electron chi connectivity index (χ2n) is 18.8. The molecule has 10 nitrogen and oxygen atoms in total. The Labute approximate surface area is 275 Å². The molecular weight excluding hydrogens is 604 g/mol. The van der Waals surface area contributed by atoms with Crippen molar-refractivity contribution in [2.45, 2.75) is 132 Å². The fraction of sp³-hybridized carbons (Fsp3) is 0.919. The van der Waals surface area contributed by atoms with Gasteiger partial charge in [0, 0.05) is 23.2 Å². The number of rotatable bonds is 7. The molecule has 8 unspecified atom stereocenters. The average Bonchev–Trinajstić information content (AvgIpc) is 3.37. The van der Waals surface area contributed by atoms with Crippen LogP contribution in [0.1, 0.15) is 103 Å². The van der Waals surface area contributed by atoms with Crippen LogP contribution in [0.2, 0.25) is 0 Å². The fourth-order valence-electron chi connectivity index (χ4n) is 14.8. The predicted molar refractivity (Wildman–Crippen MR) is 159 cm³/mol. The zero-order valence-electron chi connectivity index (χ0n) is 27.2. The van der Waals surface area contributed by atoms with Crippen molar-refractivity contribution in [2.24, 2.45) is 63.6 Å². The van der Waals surface area contributed by atoms with Crippen LogP contribution in [0.3, 0.4) is 0 Å². The molecule has 0 radical (unpaired) electrons. The Hall–Kier alpha value is -1.75. The second-order valence-corrected chi connectivity index (χ2v) is 18.8. The van der Waals surface area contributed by atoms with E-state index in [1.54, 1.807) is 0 Å². The van der Waals surface area contributed by atoms with E-state index in [2.05, 4.69) is 0 Å². The molecule has 1 saturated heterocycles. The monoisotopic (exact) mass is 653 g/mol. The van der Waals surface area contributed by atoms with Crippen molar-refractivity contribution >= 4 is 17.9 Å². The maximum absolute atomic E-state index is 13.9. The van der Waals surface area contributed by atoms with Crippen LogP contribution in [-0.4, -0.2) is 71.0 Å². The lowest BCUT2D eigenvalue weighted by molar-refractivity contribution is -0.350. The number of carboxylic acid groups (broad SMARTS) is 1. The lowest BCUT2D eigenvalue weighted by atomic mass is 9.47. The van der Waals surface area contributed by atoms with Gasteiger partial charge in [-0.15, -0.1) is 0 Å². The standard InChI is InChI=1S/C37H50O10/c38-29-23-2-19-3-24(29)13-34(7-19,12-23)31(41)44-16-27-28(17-45-32(42)35-8-21-1-22(9-35)11-36(43,10-21)18-35)47-37(46-27)25-4-20-5-26(37)15-33(6-20,14-25)30(39)40/h19-29,38,43H,1-18H2,(H,39,40)/p-1. The van der Waals surface area contributed by atoms with Gasteiger partial charge >= 0.3 is 11.9 Å². The van der Waals surface area contributed by atoms with E-state index in [0.29, 0.717) is 62.2 Å². The van der Waals surface area contributed by atoms with Crippen LogP contribution in [0.4, 0.5) is 0 Å². The van der Waals surface area contributed by atoms with Gasteiger partial charge in [-0.25, -0.2) is 0 Å². The third kappa shape index (κ3) is 4.25. The number of aliphatic carboxylic acids is 1. The summed E-state index contributed by atoms with van der Waals surface area (Å²) in [6.07, 6.45) is 10.3. The van der Waals surface area contributed by atoms with E-state index >= 15 is 0 Å². The number of aliphatic hydroxyl groups is 2. The maximum atomic E-state index is 13.9. The van der Waals surface area contributed by atoms with Crippen molar-refractivity contribution in [2.75, 3.05) is 13.2 Å². The zero-order valence-corrected chi connectivity index (χ0v) is 27.2. The highest BCUT2D eigenvalue weighted by molar-refractivity contribution is 5.78. The third-order valence-corrected chi connectivity index (χ3v) is 15.7. The minimum Gasteiger partial charge on any atom is -0.550 e. The molecule has 13 rings (SSSR count). The number of ether oxygens (including phenoxy) is 4. The molecule has 1 aliphatic heterocycles. The summed E-state index contributed by atoms with van der Waals surface area (Å²) in [6.45, 7) is -0.0486. The normalized spacial score (nSPS) is 57.2. The Morgan fingerprint density at radius 1 is 0.638 bits per heavy atom. The highest BCUT2D eigenvalue weighted by atomic mass is 16.8. The van der Waals surface area contributed by atoms with E-state index in [1.807, 2.05) is 0 Å². The molecular formula is C37H49O10-. The number of aliphatic hydroxyl groups excluding tert-OH is 1. The molecule has 258 valence electrons. The van der Waals surface area contributed by atoms with Gasteiger partial charge in [-0.3, -0.25) is 9.59 Å². The molecule has 47 heavy (non-hydrogen) atoms. The highest BCUT2D eigenvalue weighted by Crippen LogP contribution is 2.67. The van der Waals surface area contributed by atoms with Gasteiger partial charge in [-0.1, -0.05) is 0 Å². The van der Waals surface area contributed by atoms with Crippen LogP contribution < -0.4 is 5.11 Å². The Balaban J connectivity index is 0.886. The van der Waals surface area contributed by atoms with E-state index in [9.17, 15) is 29.7 Å². The van der Waals surface area contributed by atoms with Gasteiger partial charge in [-0.05, 0) is 138 Å².